The van der Waals surface area contributed by atoms with Gasteiger partial charge in [-0.2, -0.15) is 0 Å². The summed E-state index contributed by atoms with van der Waals surface area (Å²) in [7, 11) is 0. The molecule has 1 aromatic carbocycles. The van der Waals surface area contributed by atoms with Crippen LogP contribution in [-0.4, -0.2) is 27.6 Å². The van der Waals surface area contributed by atoms with E-state index in [1.807, 2.05) is 12.1 Å². The van der Waals surface area contributed by atoms with Crippen molar-refractivity contribution in [2.24, 2.45) is 17.3 Å². The van der Waals surface area contributed by atoms with Crippen LogP contribution in [0.5, 0.6) is 0 Å². The molecule has 4 bridgehead atoms. The van der Waals surface area contributed by atoms with E-state index < -0.39 is 0 Å². The van der Waals surface area contributed by atoms with Gasteiger partial charge in [0.25, 0.3) is 11.8 Å². The molecule has 4 fully saturated rings. The van der Waals surface area contributed by atoms with Gasteiger partial charge in [-0.05, 0) is 74.3 Å². The highest BCUT2D eigenvalue weighted by molar-refractivity contribution is 9.10. The van der Waals surface area contributed by atoms with Gasteiger partial charge in [0.05, 0.1) is 11.1 Å². The third-order valence-corrected chi connectivity index (χ3v) is 7.78. The van der Waals surface area contributed by atoms with Crippen LogP contribution in [0.15, 0.2) is 24.3 Å². The quantitative estimate of drug-likeness (QED) is 0.568. The maximum atomic E-state index is 12.6. The summed E-state index contributed by atoms with van der Waals surface area (Å²) in [5, 5.41) is 0. The number of carbonyl (C=O) groups excluding carboxylic acids is 2. The third kappa shape index (κ3) is 2.15. The molecule has 126 valence electrons. The van der Waals surface area contributed by atoms with Crippen molar-refractivity contribution in [3.63, 3.8) is 0 Å². The molecule has 1 aliphatic heterocycles. The Morgan fingerprint density at radius 1 is 1.00 bits per heavy atom. The zero-order valence-electron chi connectivity index (χ0n) is 13.8. The summed E-state index contributed by atoms with van der Waals surface area (Å²) in [5.41, 5.74) is 1.48. The summed E-state index contributed by atoms with van der Waals surface area (Å²) in [6, 6.07) is 7.21. The second kappa shape index (κ2) is 4.94. The van der Waals surface area contributed by atoms with Crippen molar-refractivity contribution in [1.82, 2.24) is 4.90 Å². The summed E-state index contributed by atoms with van der Waals surface area (Å²) in [5.74, 6) is 1.48. The average molecular weight is 388 g/mol. The van der Waals surface area contributed by atoms with E-state index in [1.54, 1.807) is 12.1 Å². The maximum absolute atomic E-state index is 12.6. The number of imide groups is 1. The van der Waals surface area contributed by atoms with Gasteiger partial charge >= 0.3 is 0 Å². The minimum Gasteiger partial charge on any atom is -0.274 e. The van der Waals surface area contributed by atoms with Gasteiger partial charge in [0.15, 0.2) is 0 Å². The van der Waals surface area contributed by atoms with Gasteiger partial charge in [-0.1, -0.05) is 28.1 Å². The second-order valence-corrected chi connectivity index (χ2v) is 10.4. The number of fused-ring (bicyclic) bond motifs is 1. The maximum Gasteiger partial charge on any atom is 0.261 e. The van der Waals surface area contributed by atoms with E-state index in [0.717, 1.165) is 18.3 Å². The molecule has 5 aliphatic rings. The lowest BCUT2D eigenvalue weighted by molar-refractivity contribution is -0.0422. The van der Waals surface area contributed by atoms with E-state index in [9.17, 15) is 9.59 Å². The van der Waals surface area contributed by atoms with Crippen LogP contribution in [0.2, 0.25) is 0 Å². The molecule has 6 rings (SSSR count). The molecule has 0 radical (unpaired) electrons. The molecular weight excluding hydrogens is 366 g/mol. The first-order valence-corrected chi connectivity index (χ1v) is 9.91. The Kier molecular flexibility index (Phi) is 3.11. The number of carbonyl (C=O) groups is 2. The lowest BCUT2D eigenvalue weighted by atomic mass is 9.48. The minimum atomic E-state index is -0.103. The van der Waals surface area contributed by atoms with E-state index >= 15 is 0 Å². The Hall–Kier alpha value is -1.16. The number of hydrogen-bond acceptors (Lipinski definition) is 2. The van der Waals surface area contributed by atoms with Gasteiger partial charge in [0, 0.05) is 10.9 Å². The standard InChI is InChI=1S/C20H22BrNO2/c21-20-10-13-7-14(11-20)9-19(8-13,12-20)5-6-22-17(23)15-3-1-2-4-16(15)18(22)24/h1-4,13-14H,5-12H2. The number of nitrogens with zero attached hydrogens (tertiary/aromatic N) is 1. The number of rotatable bonds is 3. The van der Waals surface area contributed by atoms with E-state index in [-0.39, 0.29) is 11.8 Å². The Morgan fingerprint density at radius 3 is 2.12 bits per heavy atom. The van der Waals surface area contributed by atoms with Gasteiger partial charge in [0.1, 0.15) is 0 Å². The average Bonchev–Trinajstić information content (AvgIpc) is 2.75. The molecule has 0 aromatic heterocycles. The van der Waals surface area contributed by atoms with Crippen molar-refractivity contribution in [1.29, 1.82) is 0 Å². The molecule has 0 N–H and O–H groups in total. The molecule has 24 heavy (non-hydrogen) atoms. The summed E-state index contributed by atoms with van der Waals surface area (Å²) < 4.78 is 0.332. The molecule has 2 amide bonds. The van der Waals surface area contributed by atoms with Crippen molar-refractivity contribution in [2.75, 3.05) is 6.54 Å². The number of hydrogen-bond donors (Lipinski definition) is 0. The molecule has 2 unspecified atom stereocenters. The normalized spacial score (nSPS) is 39.6. The molecule has 2 atom stereocenters. The van der Waals surface area contributed by atoms with Crippen molar-refractivity contribution >= 4 is 27.7 Å². The van der Waals surface area contributed by atoms with Gasteiger partial charge in [0.2, 0.25) is 0 Å². The highest BCUT2D eigenvalue weighted by Gasteiger charge is 2.56. The first-order chi connectivity index (χ1) is 11.5. The fourth-order valence-electron chi connectivity index (χ4n) is 6.42. The van der Waals surface area contributed by atoms with Gasteiger partial charge in [-0.25, -0.2) is 0 Å². The molecule has 4 heteroatoms. The summed E-state index contributed by atoms with van der Waals surface area (Å²) in [4.78, 5) is 26.7. The minimum absolute atomic E-state index is 0.103. The van der Waals surface area contributed by atoms with Crippen LogP contribution < -0.4 is 0 Å². The predicted octanol–water partition coefficient (Wildman–Crippen LogP) is 4.41. The Balaban J connectivity index is 1.36. The highest BCUT2D eigenvalue weighted by Crippen LogP contribution is 2.65. The SMILES string of the molecule is O=C1c2ccccc2C(=O)N1CCC12CC3CC(CC(Br)(C3)C1)C2. The van der Waals surface area contributed by atoms with Crippen molar-refractivity contribution in [3.8, 4) is 0 Å². The van der Waals surface area contributed by atoms with Gasteiger partial charge < -0.3 is 0 Å². The summed E-state index contributed by atoms with van der Waals surface area (Å²) in [6.07, 6.45) is 8.80. The van der Waals surface area contributed by atoms with Crippen LogP contribution in [0.1, 0.15) is 65.7 Å². The van der Waals surface area contributed by atoms with Crippen LogP contribution in [0, 0.1) is 17.3 Å². The molecular formula is C20H22BrNO2. The fraction of sp³-hybridized carbons (Fsp3) is 0.600. The molecule has 1 aromatic rings. The third-order valence-electron chi connectivity index (χ3n) is 6.85. The Morgan fingerprint density at radius 2 is 1.58 bits per heavy atom. The first-order valence-electron chi connectivity index (χ1n) is 9.11. The zero-order valence-corrected chi connectivity index (χ0v) is 15.3. The van der Waals surface area contributed by atoms with Crippen LogP contribution in [0.4, 0.5) is 0 Å². The van der Waals surface area contributed by atoms with Crippen molar-refractivity contribution in [2.45, 2.75) is 49.3 Å². The lowest BCUT2D eigenvalue weighted by Gasteiger charge is -2.60. The Bertz CT molecular complexity index is 694. The predicted molar refractivity (Wildman–Crippen MR) is 95.2 cm³/mol. The van der Waals surface area contributed by atoms with Crippen LogP contribution in [0.3, 0.4) is 0 Å². The number of halogens is 1. The lowest BCUT2D eigenvalue weighted by Crippen LogP contribution is -2.53. The molecule has 0 spiro atoms. The monoisotopic (exact) mass is 387 g/mol. The fourth-order valence-corrected chi connectivity index (χ4v) is 7.93. The molecule has 3 nitrogen and oxygen atoms in total. The Labute approximate surface area is 150 Å². The number of amides is 2. The van der Waals surface area contributed by atoms with Crippen molar-refractivity contribution in [3.05, 3.63) is 35.4 Å². The summed E-state index contributed by atoms with van der Waals surface area (Å²) >= 11 is 4.05. The molecule has 0 saturated heterocycles. The van der Waals surface area contributed by atoms with E-state index in [1.165, 1.54) is 43.4 Å². The van der Waals surface area contributed by atoms with E-state index in [4.69, 9.17) is 0 Å². The van der Waals surface area contributed by atoms with E-state index in [2.05, 4.69) is 15.9 Å². The van der Waals surface area contributed by atoms with Crippen molar-refractivity contribution < 1.29 is 9.59 Å². The molecule has 4 aliphatic carbocycles. The second-order valence-electron chi connectivity index (χ2n) is 8.67. The van der Waals surface area contributed by atoms with Gasteiger partial charge in [-0.15, -0.1) is 0 Å². The van der Waals surface area contributed by atoms with Crippen LogP contribution >= 0.6 is 15.9 Å². The smallest absolute Gasteiger partial charge is 0.261 e. The number of alkyl halides is 1. The van der Waals surface area contributed by atoms with E-state index in [0.29, 0.717) is 27.4 Å². The number of benzene rings is 1. The van der Waals surface area contributed by atoms with Gasteiger partial charge in [-0.3, -0.25) is 14.5 Å². The highest BCUT2D eigenvalue weighted by atomic mass is 79.9. The zero-order chi connectivity index (χ0) is 16.5. The van der Waals surface area contributed by atoms with Crippen LogP contribution in [-0.2, 0) is 0 Å². The van der Waals surface area contributed by atoms with Crippen LogP contribution in [0.25, 0.3) is 0 Å². The largest absolute Gasteiger partial charge is 0.274 e. The molecule has 1 heterocycles. The topological polar surface area (TPSA) is 37.4 Å². The molecule has 4 saturated carbocycles. The summed E-state index contributed by atoms with van der Waals surface area (Å²) in [6.45, 7) is 0.578. The first kappa shape index (κ1) is 15.1.